The molecule has 2 aliphatic rings. The van der Waals surface area contributed by atoms with E-state index in [1.807, 2.05) is 12.3 Å². The SMILES string of the molecule is C=C1CCCC=C1c1ccc(C(=N)c2cc3c(cc2C)C(C)(C)CCC3(C)C)nc1. The van der Waals surface area contributed by atoms with Crippen LogP contribution in [0.1, 0.15) is 93.3 Å². The van der Waals surface area contributed by atoms with Crippen molar-refractivity contribution in [2.75, 3.05) is 0 Å². The lowest BCUT2D eigenvalue weighted by molar-refractivity contribution is 0.331. The summed E-state index contributed by atoms with van der Waals surface area (Å²) >= 11 is 0. The van der Waals surface area contributed by atoms with E-state index in [0.29, 0.717) is 5.71 Å². The van der Waals surface area contributed by atoms with Crippen molar-refractivity contribution in [2.45, 2.75) is 77.6 Å². The van der Waals surface area contributed by atoms with Gasteiger partial charge in [-0.3, -0.25) is 10.4 Å². The maximum Gasteiger partial charge on any atom is 0.0885 e. The van der Waals surface area contributed by atoms with Crippen molar-refractivity contribution < 1.29 is 0 Å². The van der Waals surface area contributed by atoms with Gasteiger partial charge in [0.25, 0.3) is 0 Å². The van der Waals surface area contributed by atoms with Crippen LogP contribution in [0.4, 0.5) is 0 Å². The Hall–Kier alpha value is -2.48. The number of aromatic nitrogens is 1. The molecule has 0 amide bonds. The van der Waals surface area contributed by atoms with Gasteiger partial charge in [0.2, 0.25) is 0 Å². The molecule has 0 bridgehead atoms. The largest absolute Gasteiger partial charge is 0.298 e. The molecule has 1 heterocycles. The fourth-order valence-electron chi connectivity index (χ4n) is 4.99. The van der Waals surface area contributed by atoms with E-state index in [1.165, 1.54) is 47.1 Å². The molecule has 4 rings (SSSR count). The van der Waals surface area contributed by atoms with Crippen LogP contribution in [-0.4, -0.2) is 10.7 Å². The molecule has 0 unspecified atom stereocenters. The molecular weight excluding hydrogens is 364 g/mol. The lowest BCUT2D eigenvalue weighted by atomic mass is 9.62. The number of hydrogen-bond acceptors (Lipinski definition) is 2. The number of allylic oxidation sites excluding steroid dienone is 3. The summed E-state index contributed by atoms with van der Waals surface area (Å²) in [5.74, 6) is 0. The standard InChI is InChI=1S/C28H34N2/c1-18-9-7-8-10-21(18)20-11-12-25(30-17-20)26(29)22-16-24-23(15-19(22)2)27(3,4)13-14-28(24,5)6/h10-12,15-17,29H,1,7-9,13-14H2,2-6H3. The van der Waals surface area contributed by atoms with E-state index in [-0.39, 0.29) is 10.8 Å². The molecule has 2 aromatic rings. The number of fused-ring (bicyclic) bond motifs is 1. The molecule has 0 spiro atoms. The van der Waals surface area contributed by atoms with Crippen molar-refractivity contribution in [3.8, 4) is 0 Å². The molecule has 30 heavy (non-hydrogen) atoms. The predicted molar refractivity (Wildman–Crippen MR) is 128 cm³/mol. The average molecular weight is 399 g/mol. The van der Waals surface area contributed by atoms with Gasteiger partial charge < -0.3 is 0 Å². The second-order valence-electron chi connectivity index (χ2n) is 10.4. The monoisotopic (exact) mass is 398 g/mol. The van der Waals surface area contributed by atoms with Crippen LogP contribution >= 0.6 is 0 Å². The average Bonchev–Trinajstić information content (AvgIpc) is 2.71. The molecule has 2 heteroatoms. The van der Waals surface area contributed by atoms with Gasteiger partial charge in [-0.05, 0) is 95.4 Å². The van der Waals surface area contributed by atoms with Crippen molar-refractivity contribution in [1.29, 1.82) is 5.41 Å². The molecular formula is C28H34N2. The van der Waals surface area contributed by atoms with Gasteiger partial charge in [-0.1, -0.05) is 52.5 Å². The van der Waals surface area contributed by atoms with Gasteiger partial charge in [0.1, 0.15) is 0 Å². The van der Waals surface area contributed by atoms with E-state index in [4.69, 9.17) is 5.41 Å². The normalized spacial score (nSPS) is 19.8. The Morgan fingerprint density at radius 1 is 1.03 bits per heavy atom. The van der Waals surface area contributed by atoms with Crippen LogP contribution < -0.4 is 0 Å². The number of nitrogens with one attached hydrogen (secondary N) is 1. The van der Waals surface area contributed by atoms with Gasteiger partial charge in [0.15, 0.2) is 0 Å². The molecule has 0 aliphatic heterocycles. The Bertz CT molecular complexity index is 1050. The fourth-order valence-corrected chi connectivity index (χ4v) is 4.99. The van der Waals surface area contributed by atoms with Crippen LogP contribution in [0.3, 0.4) is 0 Å². The third-order valence-corrected chi connectivity index (χ3v) is 7.21. The van der Waals surface area contributed by atoms with Crippen LogP contribution in [-0.2, 0) is 10.8 Å². The van der Waals surface area contributed by atoms with Gasteiger partial charge in [0.05, 0.1) is 11.4 Å². The molecule has 0 saturated heterocycles. The highest BCUT2D eigenvalue weighted by Crippen LogP contribution is 2.46. The van der Waals surface area contributed by atoms with Crippen molar-refractivity contribution >= 4 is 11.3 Å². The minimum atomic E-state index is 0.138. The third kappa shape index (κ3) is 3.57. The van der Waals surface area contributed by atoms with Gasteiger partial charge in [0, 0.05) is 11.8 Å². The van der Waals surface area contributed by atoms with Crippen LogP contribution in [0.2, 0.25) is 0 Å². The highest BCUT2D eigenvalue weighted by molar-refractivity contribution is 6.10. The Morgan fingerprint density at radius 2 is 1.70 bits per heavy atom. The van der Waals surface area contributed by atoms with E-state index in [1.54, 1.807) is 0 Å². The molecule has 0 fully saturated rings. The van der Waals surface area contributed by atoms with Crippen LogP contribution in [0.5, 0.6) is 0 Å². The second kappa shape index (κ2) is 7.34. The first-order valence-electron chi connectivity index (χ1n) is 11.2. The quantitative estimate of drug-likeness (QED) is 0.542. The zero-order valence-corrected chi connectivity index (χ0v) is 19.2. The minimum Gasteiger partial charge on any atom is -0.298 e. The van der Waals surface area contributed by atoms with E-state index < -0.39 is 0 Å². The Labute approximate surface area is 181 Å². The summed E-state index contributed by atoms with van der Waals surface area (Å²) < 4.78 is 0. The van der Waals surface area contributed by atoms with Gasteiger partial charge in [-0.25, -0.2) is 0 Å². The number of nitrogens with zero attached hydrogens (tertiary/aromatic N) is 1. The zero-order valence-electron chi connectivity index (χ0n) is 19.2. The molecule has 1 aromatic heterocycles. The van der Waals surface area contributed by atoms with Gasteiger partial charge >= 0.3 is 0 Å². The number of rotatable bonds is 3. The minimum absolute atomic E-state index is 0.138. The summed E-state index contributed by atoms with van der Waals surface area (Å²) in [6.45, 7) is 15.7. The Kier molecular flexibility index (Phi) is 5.08. The molecule has 156 valence electrons. The number of benzene rings is 1. The number of hydrogen-bond donors (Lipinski definition) is 1. The van der Waals surface area contributed by atoms with Crippen molar-refractivity contribution in [3.63, 3.8) is 0 Å². The topological polar surface area (TPSA) is 36.7 Å². The molecule has 0 saturated carbocycles. The van der Waals surface area contributed by atoms with Crippen molar-refractivity contribution in [1.82, 2.24) is 4.98 Å². The number of pyridine rings is 1. The summed E-state index contributed by atoms with van der Waals surface area (Å²) in [6, 6.07) is 8.69. The summed E-state index contributed by atoms with van der Waals surface area (Å²) in [5.41, 5.74) is 10.1. The van der Waals surface area contributed by atoms with Crippen LogP contribution in [0.15, 0.2) is 48.7 Å². The smallest absolute Gasteiger partial charge is 0.0885 e. The third-order valence-electron chi connectivity index (χ3n) is 7.21. The molecule has 1 aromatic carbocycles. The zero-order chi connectivity index (χ0) is 21.7. The molecule has 0 atom stereocenters. The second-order valence-corrected chi connectivity index (χ2v) is 10.4. The lowest BCUT2D eigenvalue weighted by Crippen LogP contribution is -2.34. The number of aryl methyl sites for hydroxylation is 1. The Morgan fingerprint density at radius 3 is 2.30 bits per heavy atom. The molecule has 2 nitrogen and oxygen atoms in total. The highest BCUT2D eigenvalue weighted by atomic mass is 14.7. The summed E-state index contributed by atoms with van der Waals surface area (Å²) in [6.07, 6.45) is 9.90. The fraction of sp³-hybridized carbons (Fsp3) is 0.429. The van der Waals surface area contributed by atoms with Crippen molar-refractivity contribution in [2.24, 2.45) is 0 Å². The summed E-state index contributed by atoms with van der Waals surface area (Å²) in [4.78, 5) is 4.68. The first-order chi connectivity index (χ1) is 14.1. The van der Waals surface area contributed by atoms with Crippen LogP contribution in [0.25, 0.3) is 5.57 Å². The predicted octanol–water partition coefficient (Wildman–Crippen LogP) is 7.28. The van der Waals surface area contributed by atoms with Crippen LogP contribution in [0, 0.1) is 12.3 Å². The highest BCUT2D eigenvalue weighted by Gasteiger charge is 2.37. The van der Waals surface area contributed by atoms with Crippen molar-refractivity contribution in [3.05, 3.63) is 82.2 Å². The first kappa shape index (κ1) is 20.8. The first-order valence-corrected chi connectivity index (χ1v) is 11.2. The van der Waals surface area contributed by atoms with E-state index in [2.05, 4.69) is 70.5 Å². The lowest BCUT2D eigenvalue weighted by Gasteiger charge is -2.42. The molecule has 1 N–H and O–H groups in total. The van der Waals surface area contributed by atoms with E-state index >= 15 is 0 Å². The maximum absolute atomic E-state index is 8.92. The molecule has 0 radical (unpaired) electrons. The van der Waals surface area contributed by atoms with Gasteiger partial charge in [-0.2, -0.15) is 0 Å². The van der Waals surface area contributed by atoms with E-state index in [0.717, 1.165) is 29.7 Å². The Balaban J connectivity index is 1.70. The van der Waals surface area contributed by atoms with E-state index in [9.17, 15) is 0 Å². The molecule has 2 aliphatic carbocycles. The maximum atomic E-state index is 8.92. The summed E-state index contributed by atoms with van der Waals surface area (Å²) in [7, 11) is 0. The summed E-state index contributed by atoms with van der Waals surface area (Å²) in [5, 5.41) is 8.92. The van der Waals surface area contributed by atoms with Gasteiger partial charge in [-0.15, -0.1) is 0 Å².